The minimum atomic E-state index is -0.535. The van der Waals surface area contributed by atoms with E-state index in [1.807, 2.05) is 0 Å². The average Bonchev–Trinajstić information content (AvgIpc) is 3.21. The van der Waals surface area contributed by atoms with E-state index in [0.717, 1.165) is 0 Å². The number of hydrogen-bond donors (Lipinski definition) is 2. The summed E-state index contributed by atoms with van der Waals surface area (Å²) in [6, 6.07) is 15.4. The molecule has 0 unspecified atom stereocenters. The van der Waals surface area contributed by atoms with Crippen LogP contribution in [0, 0.1) is 5.82 Å². The van der Waals surface area contributed by atoms with Crippen LogP contribution in [0.15, 0.2) is 77.0 Å². The zero-order chi connectivity index (χ0) is 19.9. The third kappa shape index (κ3) is 5.08. The van der Waals surface area contributed by atoms with Crippen molar-refractivity contribution < 1.29 is 18.4 Å². The number of halogens is 2. The molecule has 142 valence electrons. The zero-order valence-electron chi connectivity index (χ0n) is 14.6. The second-order valence-corrected chi connectivity index (χ2v) is 6.21. The molecular weight excluding hydrogens is 383 g/mol. The molecule has 0 aliphatic rings. The maximum atomic E-state index is 13.1. The molecule has 2 amide bonds. The van der Waals surface area contributed by atoms with E-state index in [2.05, 4.69) is 10.6 Å². The summed E-state index contributed by atoms with van der Waals surface area (Å²) in [6.07, 6.45) is 2.95. The molecule has 0 atom stereocenters. The van der Waals surface area contributed by atoms with Crippen LogP contribution in [0.25, 0.3) is 6.08 Å². The molecule has 0 aliphatic heterocycles. The summed E-state index contributed by atoms with van der Waals surface area (Å²) in [5.74, 6) is -0.902. The molecule has 28 heavy (non-hydrogen) atoms. The topological polar surface area (TPSA) is 71.3 Å². The summed E-state index contributed by atoms with van der Waals surface area (Å²) in [6.45, 7) is 0.147. The molecule has 0 fully saturated rings. The molecule has 0 saturated heterocycles. The fraction of sp³-hybridized carbons (Fsp3) is 0.0476. The summed E-state index contributed by atoms with van der Waals surface area (Å²) in [4.78, 5) is 25.2. The van der Waals surface area contributed by atoms with E-state index < -0.39 is 17.6 Å². The van der Waals surface area contributed by atoms with Gasteiger partial charge in [0.15, 0.2) is 0 Å². The maximum absolute atomic E-state index is 13.1. The van der Waals surface area contributed by atoms with Crippen molar-refractivity contribution in [3.05, 3.63) is 100 Å². The minimum absolute atomic E-state index is 0.0110. The smallest absolute Gasteiger partial charge is 0.268 e. The number of benzene rings is 2. The largest absolute Gasteiger partial charge is 0.467 e. The average molecular weight is 399 g/mol. The molecule has 0 radical (unpaired) electrons. The van der Waals surface area contributed by atoms with Crippen LogP contribution in [-0.4, -0.2) is 11.8 Å². The van der Waals surface area contributed by atoms with Gasteiger partial charge in [-0.25, -0.2) is 4.39 Å². The summed E-state index contributed by atoms with van der Waals surface area (Å²) in [5, 5.41) is 5.50. The van der Waals surface area contributed by atoms with Crippen LogP contribution >= 0.6 is 11.6 Å². The first kappa shape index (κ1) is 19.4. The predicted molar refractivity (Wildman–Crippen MR) is 104 cm³/mol. The van der Waals surface area contributed by atoms with Crippen LogP contribution in [-0.2, 0) is 11.3 Å². The summed E-state index contributed by atoms with van der Waals surface area (Å²) >= 11 is 6.05. The van der Waals surface area contributed by atoms with Gasteiger partial charge in [-0.3, -0.25) is 9.59 Å². The highest BCUT2D eigenvalue weighted by Crippen LogP contribution is 2.16. The molecule has 0 saturated carbocycles. The highest BCUT2D eigenvalue weighted by Gasteiger charge is 2.16. The van der Waals surface area contributed by atoms with Crippen molar-refractivity contribution in [2.75, 3.05) is 0 Å². The molecule has 2 N–H and O–H groups in total. The van der Waals surface area contributed by atoms with Gasteiger partial charge in [-0.05, 0) is 48.0 Å². The molecule has 7 heteroatoms. The molecule has 5 nitrogen and oxygen atoms in total. The van der Waals surface area contributed by atoms with Crippen molar-refractivity contribution >= 4 is 29.5 Å². The molecule has 2 aromatic carbocycles. The molecular formula is C21H16ClFN2O3. The van der Waals surface area contributed by atoms with Gasteiger partial charge >= 0.3 is 0 Å². The van der Waals surface area contributed by atoms with Crippen molar-refractivity contribution in [1.29, 1.82) is 0 Å². The Balaban J connectivity index is 1.83. The van der Waals surface area contributed by atoms with Gasteiger partial charge in [0, 0.05) is 0 Å². The normalized spacial score (nSPS) is 11.1. The quantitative estimate of drug-likeness (QED) is 0.612. The van der Waals surface area contributed by atoms with E-state index in [4.69, 9.17) is 16.0 Å². The summed E-state index contributed by atoms with van der Waals surface area (Å²) in [7, 11) is 0. The third-order valence-corrected chi connectivity index (χ3v) is 4.13. The van der Waals surface area contributed by atoms with Crippen LogP contribution < -0.4 is 10.6 Å². The Bertz CT molecular complexity index is 999. The highest BCUT2D eigenvalue weighted by molar-refractivity contribution is 6.34. The number of carbonyl (C=O) groups excluding carboxylic acids is 2. The fourth-order valence-corrected chi connectivity index (χ4v) is 2.62. The Labute approximate surface area is 165 Å². The Morgan fingerprint density at radius 3 is 2.46 bits per heavy atom. The third-order valence-electron chi connectivity index (χ3n) is 3.80. The standard InChI is InChI=1S/C21H16ClFN2O3/c22-18-6-2-1-5-17(18)20(26)25-19(12-14-7-9-15(23)10-8-14)21(27)24-13-16-4-3-11-28-16/h1-12H,13H2,(H,24,27)(H,25,26)/b19-12+. The van der Waals surface area contributed by atoms with Gasteiger partial charge in [0.2, 0.25) is 0 Å². The minimum Gasteiger partial charge on any atom is -0.467 e. The van der Waals surface area contributed by atoms with E-state index in [0.29, 0.717) is 11.3 Å². The van der Waals surface area contributed by atoms with Crippen LogP contribution in [0.5, 0.6) is 0 Å². The number of carbonyl (C=O) groups is 2. The second kappa shape index (κ2) is 9.01. The molecule has 1 aromatic heterocycles. The number of nitrogens with one attached hydrogen (secondary N) is 2. The lowest BCUT2D eigenvalue weighted by Gasteiger charge is -2.11. The van der Waals surface area contributed by atoms with Crippen LogP contribution in [0.3, 0.4) is 0 Å². The first-order chi connectivity index (χ1) is 13.5. The van der Waals surface area contributed by atoms with Gasteiger partial charge in [0.1, 0.15) is 17.3 Å². The van der Waals surface area contributed by atoms with Gasteiger partial charge in [-0.15, -0.1) is 0 Å². The van der Waals surface area contributed by atoms with Gasteiger partial charge < -0.3 is 15.1 Å². The lowest BCUT2D eigenvalue weighted by molar-refractivity contribution is -0.118. The van der Waals surface area contributed by atoms with Crippen molar-refractivity contribution in [1.82, 2.24) is 10.6 Å². The first-order valence-corrected chi connectivity index (χ1v) is 8.74. The van der Waals surface area contributed by atoms with Gasteiger partial charge in [0.05, 0.1) is 23.4 Å². The van der Waals surface area contributed by atoms with Crippen molar-refractivity contribution in [3.63, 3.8) is 0 Å². The maximum Gasteiger partial charge on any atom is 0.268 e. The van der Waals surface area contributed by atoms with Crippen LogP contribution in [0.4, 0.5) is 4.39 Å². The SMILES string of the molecule is O=C(NCc1ccco1)/C(=C\c1ccc(F)cc1)NC(=O)c1ccccc1Cl. The van der Waals surface area contributed by atoms with Crippen molar-refractivity contribution in [3.8, 4) is 0 Å². The number of amides is 2. The Morgan fingerprint density at radius 1 is 1.04 bits per heavy atom. The van der Waals surface area contributed by atoms with E-state index >= 15 is 0 Å². The number of hydrogen-bond acceptors (Lipinski definition) is 3. The van der Waals surface area contributed by atoms with E-state index in [9.17, 15) is 14.0 Å². The van der Waals surface area contributed by atoms with E-state index in [1.165, 1.54) is 36.6 Å². The van der Waals surface area contributed by atoms with E-state index in [-0.39, 0.29) is 22.8 Å². The molecule has 3 rings (SSSR count). The summed E-state index contributed by atoms with van der Waals surface area (Å²) < 4.78 is 18.3. The molecule has 0 aliphatic carbocycles. The van der Waals surface area contributed by atoms with Crippen molar-refractivity contribution in [2.45, 2.75) is 6.54 Å². The predicted octanol–water partition coefficient (Wildman–Crippen LogP) is 4.16. The Morgan fingerprint density at radius 2 is 1.79 bits per heavy atom. The van der Waals surface area contributed by atoms with E-state index in [1.54, 1.807) is 36.4 Å². The fourth-order valence-electron chi connectivity index (χ4n) is 2.39. The van der Waals surface area contributed by atoms with Crippen LogP contribution in [0.1, 0.15) is 21.7 Å². The van der Waals surface area contributed by atoms with Gasteiger partial charge in [0.25, 0.3) is 11.8 Å². The molecule has 0 spiro atoms. The molecule has 0 bridgehead atoms. The lowest BCUT2D eigenvalue weighted by Crippen LogP contribution is -2.34. The summed E-state index contributed by atoms with van der Waals surface area (Å²) in [5.41, 5.74) is 0.764. The van der Waals surface area contributed by atoms with Crippen molar-refractivity contribution in [2.24, 2.45) is 0 Å². The van der Waals surface area contributed by atoms with Gasteiger partial charge in [-0.2, -0.15) is 0 Å². The Hall–Kier alpha value is -3.38. The zero-order valence-corrected chi connectivity index (χ0v) is 15.4. The Kier molecular flexibility index (Phi) is 6.24. The lowest BCUT2D eigenvalue weighted by atomic mass is 10.1. The first-order valence-electron chi connectivity index (χ1n) is 8.36. The van der Waals surface area contributed by atoms with Crippen LogP contribution in [0.2, 0.25) is 5.02 Å². The monoisotopic (exact) mass is 398 g/mol. The highest BCUT2D eigenvalue weighted by atomic mass is 35.5. The van der Waals surface area contributed by atoms with Gasteiger partial charge in [-0.1, -0.05) is 35.9 Å². The number of furan rings is 1. The second-order valence-electron chi connectivity index (χ2n) is 5.81. The molecule has 1 heterocycles. The molecule has 3 aromatic rings. The number of rotatable bonds is 6.